The van der Waals surface area contributed by atoms with Crippen molar-refractivity contribution in [1.82, 2.24) is 10.3 Å². The number of nitrogens with one attached hydrogen (secondary N) is 1. The zero-order chi connectivity index (χ0) is 12.1. The van der Waals surface area contributed by atoms with Gasteiger partial charge in [-0.25, -0.2) is 0 Å². The minimum atomic E-state index is 0.656. The van der Waals surface area contributed by atoms with E-state index in [0.717, 1.165) is 17.9 Å². The molecular weight excluding hydrogens is 236 g/mol. The van der Waals surface area contributed by atoms with Gasteiger partial charge in [-0.2, -0.15) is 0 Å². The Morgan fingerprint density at radius 2 is 2.24 bits per heavy atom. The molecule has 0 aliphatic carbocycles. The van der Waals surface area contributed by atoms with E-state index in [1.165, 1.54) is 0 Å². The van der Waals surface area contributed by atoms with Gasteiger partial charge in [0, 0.05) is 23.3 Å². The second-order valence-electron chi connectivity index (χ2n) is 3.57. The molecule has 0 aliphatic heterocycles. The van der Waals surface area contributed by atoms with E-state index in [1.54, 1.807) is 18.5 Å². The summed E-state index contributed by atoms with van der Waals surface area (Å²) in [5, 5.41) is 3.75. The smallest absolute Gasteiger partial charge is 0.145 e. The lowest BCUT2D eigenvalue weighted by Gasteiger charge is -2.11. The normalized spacial score (nSPS) is 10.2. The van der Waals surface area contributed by atoms with Crippen LogP contribution in [-0.4, -0.2) is 12.0 Å². The monoisotopic (exact) mass is 248 g/mol. The molecule has 88 valence electrons. The zero-order valence-electron chi connectivity index (χ0n) is 9.48. The van der Waals surface area contributed by atoms with E-state index >= 15 is 0 Å². The standard InChI is InChI=1S/C13H13ClN2O/c1-15-8-10-4-5-11(14)7-13(10)17-12-3-2-6-16-9-12/h2-7,9,15H,8H2,1H3. The number of aromatic nitrogens is 1. The zero-order valence-corrected chi connectivity index (χ0v) is 10.2. The van der Waals surface area contributed by atoms with Crippen molar-refractivity contribution >= 4 is 11.6 Å². The van der Waals surface area contributed by atoms with Crippen LogP contribution in [0.1, 0.15) is 5.56 Å². The number of rotatable bonds is 4. The van der Waals surface area contributed by atoms with Crippen molar-refractivity contribution in [3.8, 4) is 11.5 Å². The van der Waals surface area contributed by atoms with Crippen molar-refractivity contribution in [2.24, 2.45) is 0 Å². The number of benzene rings is 1. The average molecular weight is 249 g/mol. The molecule has 2 rings (SSSR count). The van der Waals surface area contributed by atoms with Gasteiger partial charge in [0.05, 0.1) is 6.20 Å². The predicted molar refractivity (Wildman–Crippen MR) is 68.5 cm³/mol. The van der Waals surface area contributed by atoms with Gasteiger partial charge in [-0.1, -0.05) is 17.7 Å². The first kappa shape index (κ1) is 11.9. The Morgan fingerprint density at radius 1 is 1.35 bits per heavy atom. The molecule has 0 fully saturated rings. The first-order valence-corrected chi connectivity index (χ1v) is 5.68. The summed E-state index contributed by atoms with van der Waals surface area (Å²) in [7, 11) is 1.89. The highest BCUT2D eigenvalue weighted by atomic mass is 35.5. The number of nitrogens with zero attached hydrogens (tertiary/aromatic N) is 1. The Kier molecular flexibility index (Phi) is 3.96. The van der Waals surface area contributed by atoms with Crippen LogP contribution in [0.4, 0.5) is 0 Å². The largest absolute Gasteiger partial charge is 0.455 e. The van der Waals surface area contributed by atoms with Crippen molar-refractivity contribution in [1.29, 1.82) is 0 Å². The molecule has 0 atom stereocenters. The molecule has 0 amide bonds. The molecule has 4 heteroatoms. The fourth-order valence-corrected chi connectivity index (χ4v) is 1.66. The van der Waals surface area contributed by atoms with Gasteiger partial charge in [0.2, 0.25) is 0 Å². The maximum absolute atomic E-state index is 5.97. The Morgan fingerprint density at radius 3 is 2.94 bits per heavy atom. The van der Waals surface area contributed by atoms with Gasteiger partial charge in [-0.15, -0.1) is 0 Å². The molecule has 0 saturated heterocycles. The van der Waals surface area contributed by atoms with Crippen LogP contribution in [-0.2, 0) is 6.54 Å². The maximum atomic E-state index is 5.97. The minimum Gasteiger partial charge on any atom is -0.455 e. The van der Waals surface area contributed by atoms with Crippen LogP contribution in [0, 0.1) is 0 Å². The van der Waals surface area contributed by atoms with E-state index in [2.05, 4.69) is 10.3 Å². The van der Waals surface area contributed by atoms with Crippen molar-refractivity contribution in [3.05, 3.63) is 53.3 Å². The van der Waals surface area contributed by atoms with Crippen LogP contribution in [0.2, 0.25) is 5.02 Å². The minimum absolute atomic E-state index is 0.656. The SMILES string of the molecule is CNCc1ccc(Cl)cc1Oc1cccnc1. The van der Waals surface area contributed by atoms with Crippen LogP contribution in [0.3, 0.4) is 0 Å². The van der Waals surface area contributed by atoms with Crippen molar-refractivity contribution in [2.75, 3.05) is 7.05 Å². The van der Waals surface area contributed by atoms with Crippen molar-refractivity contribution in [2.45, 2.75) is 6.54 Å². The summed E-state index contributed by atoms with van der Waals surface area (Å²) in [5.41, 5.74) is 1.06. The number of halogens is 1. The lowest BCUT2D eigenvalue weighted by Crippen LogP contribution is -2.06. The highest BCUT2D eigenvalue weighted by molar-refractivity contribution is 6.30. The lowest BCUT2D eigenvalue weighted by molar-refractivity contribution is 0.472. The van der Waals surface area contributed by atoms with E-state index in [4.69, 9.17) is 16.3 Å². The first-order chi connectivity index (χ1) is 8.29. The van der Waals surface area contributed by atoms with Crippen molar-refractivity contribution < 1.29 is 4.74 Å². The summed E-state index contributed by atoms with van der Waals surface area (Å²) in [5.74, 6) is 1.45. The fourth-order valence-electron chi connectivity index (χ4n) is 1.49. The topological polar surface area (TPSA) is 34.1 Å². The fraction of sp³-hybridized carbons (Fsp3) is 0.154. The Hall–Kier alpha value is -1.58. The third-order valence-electron chi connectivity index (χ3n) is 2.26. The quantitative estimate of drug-likeness (QED) is 0.902. The van der Waals surface area contributed by atoms with Gasteiger partial charge in [-0.05, 0) is 31.3 Å². The first-order valence-electron chi connectivity index (χ1n) is 5.30. The molecular formula is C13H13ClN2O. The summed E-state index contributed by atoms with van der Waals surface area (Å²) in [6.45, 7) is 0.729. The van der Waals surface area contributed by atoms with Crippen LogP contribution >= 0.6 is 11.6 Å². The highest BCUT2D eigenvalue weighted by Crippen LogP contribution is 2.27. The highest BCUT2D eigenvalue weighted by Gasteiger charge is 2.05. The lowest BCUT2D eigenvalue weighted by atomic mass is 10.2. The van der Waals surface area contributed by atoms with E-state index in [-0.39, 0.29) is 0 Å². The van der Waals surface area contributed by atoms with Gasteiger partial charge in [0.15, 0.2) is 0 Å². The van der Waals surface area contributed by atoms with Gasteiger partial charge in [0.1, 0.15) is 11.5 Å². The third-order valence-corrected chi connectivity index (χ3v) is 2.49. The molecule has 1 N–H and O–H groups in total. The Balaban J connectivity index is 2.27. The number of hydrogen-bond donors (Lipinski definition) is 1. The maximum Gasteiger partial charge on any atom is 0.145 e. The molecule has 0 saturated carbocycles. The molecule has 17 heavy (non-hydrogen) atoms. The van der Waals surface area contributed by atoms with Gasteiger partial charge >= 0.3 is 0 Å². The number of pyridine rings is 1. The average Bonchev–Trinajstić information content (AvgIpc) is 2.34. The molecule has 1 heterocycles. The van der Waals surface area contributed by atoms with E-state index in [1.807, 2.05) is 31.3 Å². The summed E-state index contributed by atoms with van der Waals surface area (Å²) in [4.78, 5) is 4.01. The Bertz CT molecular complexity index is 488. The van der Waals surface area contributed by atoms with Crippen LogP contribution < -0.4 is 10.1 Å². The van der Waals surface area contributed by atoms with E-state index in [0.29, 0.717) is 10.8 Å². The van der Waals surface area contributed by atoms with E-state index < -0.39 is 0 Å². The summed E-state index contributed by atoms with van der Waals surface area (Å²) in [6.07, 6.45) is 3.38. The predicted octanol–water partition coefficient (Wildman–Crippen LogP) is 3.25. The summed E-state index contributed by atoms with van der Waals surface area (Å²) < 4.78 is 5.76. The Labute approximate surface area is 105 Å². The molecule has 1 aromatic heterocycles. The molecule has 0 aliphatic rings. The van der Waals surface area contributed by atoms with E-state index in [9.17, 15) is 0 Å². The summed E-state index contributed by atoms with van der Waals surface area (Å²) in [6, 6.07) is 9.30. The van der Waals surface area contributed by atoms with Gasteiger partial charge in [0.25, 0.3) is 0 Å². The summed E-state index contributed by atoms with van der Waals surface area (Å²) >= 11 is 5.97. The molecule has 3 nitrogen and oxygen atoms in total. The number of hydrogen-bond acceptors (Lipinski definition) is 3. The van der Waals surface area contributed by atoms with Crippen LogP contribution in [0.15, 0.2) is 42.7 Å². The number of ether oxygens (including phenoxy) is 1. The second kappa shape index (κ2) is 5.66. The second-order valence-corrected chi connectivity index (χ2v) is 4.01. The third kappa shape index (κ3) is 3.19. The van der Waals surface area contributed by atoms with Crippen LogP contribution in [0.25, 0.3) is 0 Å². The van der Waals surface area contributed by atoms with Crippen molar-refractivity contribution in [3.63, 3.8) is 0 Å². The van der Waals surface area contributed by atoms with Gasteiger partial charge < -0.3 is 10.1 Å². The molecule has 0 bridgehead atoms. The molecule has 1 aromatic carbocycles. The molecule has 0 spiro atoms. The molecule has 2 aromatic rings. The molecule has 0 radical (unpaired) electrons. The molecule has 0 unspecified atom stereocenters. The van der Waals surface area contributed by atoms with Gasteiger partial charge in [-0.3, -0.25) is 4.98 Å². The van der Waals surface area contributed by atoms with Crippen LogP contribution in [0.5, 0.6) is 11.5 Å².